The number of carbonyl (C=O) groups excluding carboxylic acids is 1. The fraction of sp³-hybridized carbons (Fsp3) is 0.667. The first-order chi connectivity index (χ1) is 13.5. The fourth-order valence-corrected chi connectivity index (χ4v) is 3.22. The standard InChI is InChI=1S/C18H30BN5O4/c1-13-17(20-12-28-19)14(2)22-18(21-13)27-11-16(25)23(3)15-5-7-24(8-6-15)9-10-26-4/h12,15H,5-11,19H2,1-4H3. The first-order valence-electron chi connectivity index (χ1n) is 9.46. The average molecular weight is 391 g/mol. The lowest BCUT2D eigenvalue weighted by Crippen LogP contribution is -2.47. The second-order valence-corrected chi connectivity index (χ2v) is 6.85. The Labute approximate surface area is 167 Å². The molecular weight excluding hydrogens is 361 g/mol. The van der Waals surface area contributed by atoms with E-state index in [1.54, 1.807) is 12.0 Å². The largest absolute Gasteiger partial charge is 0.560 e. The summed E-state index contributed by atoms with van der Waals surface area (Å²) >= 11 is 0. The van der Waals surface area contributed by atoms with E-state index in [0.717, 1.165) is 39.1 Å². The number of likely N-dealkylation sites (tertiary alicyclic amines) is 1. The van der Waals surface area contributed by atoms with E-state index >= 15 is 0 Å². The minimum Gasteiger partial charge on any atom is -0.560 e. The van der Waals surface area contributed by atoms with Gasteiger partial charge in [-0.25, -0.2) is 4.99 Å². The minimum atomic E-state index is -0.0834. The van der Waals surface area contributed by atoms with E-state index in [4.69, 9.17) is 14.1 Å². The summed E-state index contributed by atoms with van der Waals surface area (Å²) in [6.07, 6.45) is 3.23. The number of likely N-dealkylation sites (N-methyl/N-ethyl adjacent to an activating group) is 1. The van der Waals surface area contributed by atoms with E-state index in [9.17, 15) is 4.79 Å². The van der Waals surface area contributed by atoms with Crippen LogP contribution >= 0.6 is 0 Å². The van der Waals surface area contributed by atoms with Crippen LogP contribution in [0.15, 0.2) is 4.99 Å². The molecule has 2 heterocycles. The van der Waals surface area contributed by atoms with Gasteiger partial charge in [0.2, 0.25) is 0 Å². The Kier molecular flexibility index (Phi) is 8.65. The number of amides is 1. The number of rotatable bonds is 9. The molecule has 9 nitrogen and oxygen atoms in total. The summed E-state index contributed by atoms with van der Waals surface area (Å²) in [6, 6.07) is 0.410. The predicted molar refractivity (Wildman–Crippen MR) is 109 cm³/mol. The number of ether oxygens (including phenoxy) is 2. The van der Waals surface area contributed by atoms with Crippen LogP contribution in [0.3, 0.4) is 0 Å². The van der Waals surface area contributed by atoms with Gasteiger partial charge in [-0.3, -0.25) is 4.79 Å². The molecule has 0 atom stereocenters. The molecule has 0 bridgehead atoms. The van der Waals surface area contributed by atoms with Gasteiger partial charge in [0.1, 0.15) is 5.69 Å². The molecule has 0 aliphatic carbocycles. The normalized spacial score (nSPS) is 15.7. The first-order valence-corrected chi connectivity index (χ1v) is 9.46. The van der Waals surface area contributed by atoms with Crippen molar-refractivity contribution in [3.8, 4) is 6.01 Å². The maximum atomic E-state index is 12.5. The topological polar surface area (TPSA) is 89.4 Å². The minimum absolute atomic E-state index is 0.0734. The molecule has 1 saturated heterocycles. The zero-order chi connectivity index (χ0) is 20.5. The molecule has 1 aliphatic heterocycles. The van der Waals surface area contributed by atoms with Gasteiger partial charge in [-0.15, -0.1) is 0 Å². The van der Waals surface area contributed by atoms with Gasteiger partial charge in [-0.2, -0.15) is 9.97 Å². The summed E-state index contributed by atoms with van der Waals surface area (Å²) in [6.45, 7) is 7.16. The van der Waals surface area contributed by atoms with Gasteiger partial charge in [0.15, 0.2) is 13.0 Å². The summed E-state index contributed by atoms with van der Waals surface area (Å²) in [5.41, 5.74) is 1.97. The SMILES string of the molecule is BOC=Nc1c(C)nc(OCC(=O)N(C)C2CCN(CCOC)CC2)nc1C. The number of aryl methyl sites for hydroxylation is 2. The molecule has 28 heavy (non-hydrogen) atoms. The number of aliphatic imine (C=N–C) groups is 1. The van der Waals surface area contributed by atoms with Crippen LogP contribution in [0.1, 0.15) is 24.2 Å². The molecule has 1 amide bonds. The lowest BCUT2D eigenvalue weighted by atomic mass is 10.0. The van der Waals surface area contributed by atoms with Crippen molar-refractivity contribution in [2.45, 2.75) is 32.7 Å². The summed E-state index contributed by atoms with van der Waals surface area (Å²) in [7, 11) is 5.07. The maximum absolute atomic E-state index is 12.5. The number of hydrogen-bond acceptors (Lipinski definition) is 8. The Bertz CT molecular complexity index is 657. The first kappa shape index (κ1) is 22.1. The summed E-state index contributed by atoms with van der Waals surface area (Å²) in [5, 5.41) is 0. The van der Waals surface area contributed by atoms with Crippen LogP contribution in [0.5, 0.6) is 6.01 Å². The van der Waals surface area contributed by atoms with Gasteiger partial charge < -0.3 is 23.9 Å². The number of hydrogen-bond donors (Lipinski definition) is 0. The van der Waals surface area contributed by atoms with Gasteiger partial charge in [0.25, 0.3) is 5.91 Å². The monoisotopic (exact) mass is 391 g/mol. The van der Waals surface area contributed by atoms with Gasteiger partial charge in [0, 0.05) is 39.8 Å². The van der Waals surface area contributed by atoms with Gasteiger partial charge in [0.05, 0.1) is 18.0 Å². The molecule has 1 fully saturated rings. The molecular formula is C18H30BN5O4. The highest BCUT2D eigenvalue weighted by Crippen LogP contribution is 2.22. The molecule has 1 aromatic rings. The molecule has 1 aliphatic rings. The van der Waals surface area contributed by atoms with Crippen molar-refractivity contribution in [1.82, 2.24) is 19.8 Å². The highest BCUT2D eigenvalue weighted by molar-refractivity contribution is 6.02. The summed E-state index contributed by atoms with van der Waals surface area (Å²) < 4.78 is 15.5. The third kappa shape index (κ3) is 6.17. The van der Waals surface area contributed by atoms with Crippen molar-refractivity contribution >= 4 is 26.0 Å². The summed E-state index contributed by atoms with van der Waals surface area (Å²) in [4.78, 5) is 29.4. The second-order valence-electron chi connectivity index (χ2n) is 6.85. The van der Waals surface area contributed by atoms with Crippen LogP contribution in [0.25, 0.3) is 0 Å². The quantitative estimate of drug-likeness (QED) is 0.339. The molecule has 2 rings (SSSR count). The van der Waals surface area contributed by atoms with Gasteiger partial charge in [-0.1, -0.05) is 0 Å². The van der Waals surface area contributed by atoms with Gasteiger partial charge >= 0.3 is 14.1 Å². The van der Waals surface area contributed by atoms with Crippen LogP contribution in [0, 0.1) is 13.8 Å². The molecule has 0 spiro atoms. The number of piperidine rings is 1. The molecule has 154 valence electrons. The average Bonchev–Trinajstić information content (AvgIpc) is 2.69. The van der Waals surface area contributed by atoms with Crippen LogP contribution in [-0.2, 0) is 14.2 Å². The van der Waals surface area contributed by atoms with E-state index in [1.807, 2.05) is 20.9 Å². The number of carbonyl (C=O) groups is 1. The number of nitrogens with zero attached hydrogens (tertiary/aromatic N) is 5. The van der Waals surface area contributed by atoms with E-state index in [-0.39, 0.29) is 24.6 Å². The third-order valence-electron chi connectivity index (χ3n) is 4.93. The third-order valence-corrected chi connectivity index (χ3v) is 4.93. The highest BCUT2D eigenvalue weighted by Gasteiger charge is 2.25. The fourth-order valence-electron chi connectivity index (χ4n) is 3.22. The van der Waals surface area contributed by atoms with E-state index < -0.39 is 0 Å². The Morgan fingerprint density at radius 2 is 1.96 bits per heavy atom. The number of aromatic nitrogens is 2. The summed E-state index contributed by atoms with van der Waals surface area (Å²) in [5.74, 6) is -0.0734. The van der Waals surface area contributed by atoms with Crippen LogP contribution in [0.4, 0.5) is 5.69 Å². The van der Waals surface area contributed by atoms with Crippen LogP contribution < -0.4 is 4.74 Å². The smallest absolute Gasteiger partial charge is 0.323 e. The van der Waals surface area contributed by atoms with Crippen molar-refractivity contribution in [1.29, 1.82) is 0 Å². The molecule has 0 unspecified atom stereocenters. The lowest BCUT2D eigenvalue weighted by molar-refractivity contribution is -0.135. The van der Waals surface area contributed by atoms with Crippen LogP contribution in [-0.4, -0.2) is 93.2 Å². The number of methoxy groups -OCH3 is 1. The van der Waals surface area contributed by atoms with Crippen LogP contribution in [0.2, 0.25) is 0 Å². The van der Waals surface area contributed by atoms with Crippen molar-refractivity contribution in [3.05, 3.63) is 11.4 Å². The Morgan fingerprint density at radius 1 is 1.32 bits per heavy atom. The molecule has 0 radical (unpaired) electrons. The van der Waals surface area contributed by atoms with Crippen molar-refractivity contribution in [2.24, 2.45) is 4.99 Å². The molecule has 1 aromatic heterocycles. The second kappa shape index (κ2) is 11.0. The van der Waals surface area contributed by atoms with E-state index in [0.29, 0.717) is 17.1 Å². The Hall–Kier alpha value is -2.20. The zero-order valence-corrected chi connectivity index (χ0v) is 17.5. The van der Waals surface area contributed by atoms with Crippen molar-refractivity contribution in [3.63, 3.8) is 0 Å². The van der Waals surface area contributed by atoms with Crippen molar-refractivity contribution < 1.29 is 18.9 Å². The Balaban J connectivity index is 1.86. The molecule has 0 N–H and O–H groups in total. The molecule has 10 heteroatoms. The maximum Gasteiger partial charge on any atom is 0.323 e. The van der Waals surface area contributed by atoms with Crippen molar-refractivity contribution in [2.75, 3.05) is 47.0 Å². The highest BCUT2D eigenvalue weighted by atomic mass is 16.5. The van der Waals surface area contributed by atoms with E-state index in [1.165, 1.54) is 14.4 Å². The lowest BCUT2D eigenvalue weighted by Gasteiger charge is -2.36. The molecule has 0 aromatic carbocycles. The Morgan fingerprint density at radius 3 is 2.54 bits per heavy atom. The van der Waals surface area contributed by atoms with Gasteiger partial charge in [-0.05, 0) is 26.7 Å². The zero-order valence-electron chi connectivity index (χ0n) is 17.5. The van der Waals surface area contributed by atoms with E-state index in [2.05, 4.69) is 19.9 Å². The molecule has 0 saturated carbocycles. The predicted octanol–water partition coefficient (Wildman–Crippen LogP) is 0.266.